The maximum absolute atomic E-state index is 6.57. The van der Waals surface area contributed by atoms with E-state index in [1.165, 1.54) is 0 Å². The SMILES string of the molecule is CC(C)(C)c1nc(-c2ccccc2)nc(Cl)c1-c1ccccc1. The molecular formula is C20H19ClN2. The monoisotopic (exact) mass is 322 g/mol. The van der Waals surface area contributed by atoms with E-state index >= 15 is 0 Å². The van der Waals surface area contributed by atoms with Gasteiger partial charge in [-0.3, -0.25) is 0 Å². The lowest BCUT2D eigenvalue weighted by atomic mass is 9.86. The number of rotatable bonds is 2. The van der Waals surface area contributed by atoms with Crippen LogP contribution in [0.1, 0.15) is 26.5 Å². The van der Waals surface area contributed by atoms with Gasteiger partial charge < -0.3 is 0 Å². The molecule has 0 atom stereocenters. The van der Waals surface area contributed by atoms with Crippen molar-refractivity contribution in [2.24, 2.45) is 0 Å². The summed E-state index contributed by atoms with van der Waals surface area (Å²) in [5, 5.41) is 0.495. The molecule has 2 nitrogen and oxygen atoms in total. The highest BCUT2D eigenvalue weighted by atomic mass is 35.5. The van der Waals surface area contributed by atoms with Gasteiger partial charge in [0.25, 0.3) is 0 Å². The van der Waals surface area contributed by atoms with Gasteiger partial charge in [-0.1, -0.05) is 93.0 Å². The lowest BCUT2D eigenvalue weighted by Gasteiger charge is -2.23. The summed E-state index contributed by atoms with van der Waals surface area (Å²) >= 11 is 6.57. The molecule has 0 spiro atoms. The molecule has 2 aromatic carbocycles. The average molecular weight is 323 g/mol. The van der Waals surface area contributed by atoms with E-state index in [1.54, 1.807) is 0 Å². The third-order valence-electron chi connectivity index (χ3n) is 3.67. The molecule has 0 fully saturated rings. The van der Waals surface area contributed by atoms with Crippen LogP contribution in [0.4, 0.5) is 0 Å². The summed E-state index contributed by atoms with van der Waals surface area (Å²) in [5.41, 5.74) is 3.75. The van der Waals surface area contributed by atoms with Crippen LogP contribution in [0, 0.1) is 0 Å². The Morgan fingerprint density at radius 3 is 1.78 bits per heavy atom. The second kappa shape index (κ2) is 6.13. The van der Waals surface area contributed by atoms with Gasteiger partial charge in [0.15, 0.2) is 5.82 Å². The van der Waals surface area contributed by atoms with E-state index in [0.29, 0.717) is 11.0 Å². The van der Waals surface area contributed by atoms with Gasteiger partial charge in [0.05, 0.1) is 5.69 Å². The first-order valence-corrected chi connectivity index (χ1v) is 8.03. The van der Waals surface area contributed by atoms with Crippen LogP contribution >= 0.6 is 11.6 Å². The van der Waals surface area contributed by atoms with Crippen LogP contribution in [-0.4, -0.2) is 9.97 Å². The largest absolute Gasteiger partial charge is 0.232 e. The molecular weight excluding hydrogens is 304 g/mol. The molecule has 0 saturated carbocycles. The zero-order valence-corrected chi connectivity index (χ0v) is 14.3. The molecule has 0 radical (unpaired) electrons. The highest BCUT2D eigenvalue weighted by Gasteiger charge is 2.25. The van der Waals surface area contributed by atoms with E-state index in [1.807, 2.05) is 60.7 Å². The molecule has 3 heteroatoms. The fraction of sp³-hybridized carbons (Fsp3) is 0.200. The maximum Gasteiger partial charge on any atom is 0.161 e. The molecule has 0 N–H and O–H groups in total. The Kier molecular flexibility index (Phi) is 4.18. The highest BCUT2D eigenvalue weighted by molar-refractivity contribution is 6.32. The van der Waals surface area contributed by atoms with Crippen LogP contribution in [0.25, 0.3) is 22.5 Å². The number of nitrogens with zero attached hydrogens (tertiary/aromatic N) is 2. The van der Waals surface area contributed by atoms with E-state index in [2.05, 4.69) is 25.8 Å². The molecule has 0 amide bonds. The summed E-state index contributed by atoms with van der Waals surface area (Å²) in [4.78, 5) is 9.40. The summed E-state index contributed by atoms with van der Waals surface area (Å²) < 4.78 is 0. The molecule has 0 saturated heterocycles. The number of benzene rings is 2. The molecule has 3 aromatic rings. The van der Waals surface area contributed by atoms with E-state index in [9.17, 15) is 0 Å². The Labute approximate surface area is 142 Å². The zero-order chi connectivity index (χ0) is 16.4. The first-order valence-electron chi connectivity index (χ1n) is 7.65. The standard InChI is InChI=1S/C20H19ClN2/c1-20(2,3)17-16(14-10-6-4-7-11-14)18(21)23-19(22-17)15-12-8-5-9-13-15/h4-13H,1-3H3. The fourth-order valence-electron chi connectivity index (χ4n) is 2.55. The number of halogens is 1. The second-order valence-electron chi connectivity index (χ2n) is 6.54. The van der Waals surface area contributed by atoms with Crippen molar-refractivity contribution >= 4 is 11.6 Å². The minimum atomic E-state index is -0.138. The van der Waals surface area contributed by atoms with Crippen molar-refractivity contribution in [3.8, 4) is 22.5 Å². The Balaban J connectivity index is 2.26. The van der Waals surface area contributed by atoms with Crippen molar-refractivity contribution in [2.45, 2.75) is 26.2 Å². The highest BCUT2D eigenvalue weighted by Crippen LogP contribution is 2.37. The Bertz CT molecular complexity index is 806. The van der Waals surface area contributed by atoms with Gasteiger partial charge in [0, 0.05) is 16.5 Å². The van der Waals surface area contributed by atoms with E-state index in [0.717, 1.165) is 22.4 Å². The summed E-state index contributed by atoms with van der Waals surface area (Å²) in [7, 11) is 0. The maximum atomic E-state index is 6.57. The normalized spacial score (nSPS) is 11.5. The molecule has 0 unspecified atom stereocenters. The third kappa shape index (κ3) is 3.27. The molecule has 0 aliphatic carbocycles. The second-order valence-corrected chi connectivity index (χ2v) is 6.90. The van der Waals surface area contributed by atoms with Crippen molar-refractivity contribution in [3.05, 3.63) is 71.5 Å². The summed E-state index contributed by atoms with van der Waals surface area (Å²) in [5.74, 6) is 0.667. The van der Waals surface area contributed by atoms with Crippen molar-refractivity contribution in [2.75, 3.05) is 0 Å². The Hall–Kier alpha value is -2.19. The molecule has 0 aliphatic heterocycles. The quantitative estimate of drug-likeness (QED) is 0.560. The van der Waals surface area contributed by atoms with E-state index in [4.69, 9.17) is 16.6 Å². The van der Waals surface area contributed by atoms with Crippen LogP contribution in [0.3, 0.4) is 0 Å². The molecule has 1 heterocycles. The van der Waals surface area contributed by atoms with Gasteiger partial charge in [0.2, 0.25) is 0 Å². The number of aromatic nitrogens is 2. The molecule has 1 aromatic heterocycles. The van der Waals surface area contributed by atoms with Gasteiger partial charge in [-0.05, 0) is 5.56 Å². The van der Waals surface area contributed by atoms with Crippen molar-refractivity contribution in [1.82, 2.24) is 9.97 Å². The Morgan fingerprint density at radius 2 is 1.26 bits per heavy atom. The van der Waals surface area contributed by atoms with E-state index < -0.39 is 0 Å². The first kappa shape index (κ1) is 15.7. The number of hydrogen-bond donors (Lipinski definition) is 0. The van der Waals surface area contributed by atoms with Crippen molar-refractivity contribution in [3.63, 3.8) is 0 Å². The Morgan fingerprint density at radius 1 is 0.739 bits per heavy atom. The fourth-order valence-corrected chi connectivity index (χ4v) is 2.83. The van der Waals surface area contributed by atoms with Crippen molar-refractivity contribution < 1.29 is 0 Å². The van der Waals surface area contributed by atoms with Crippen molar-refractivity contribution in [1.29, 1.82) is 0 Å². The lowest BCUT2D eigenvalue weighted by Crippen LogP contribution is -2.17. The summed E-state index contributed by atoms with van der Waals surface area (Å²) in [6.07, 6.45) is 0. The molecule has 0 aliphatic rings. The molecule has 116 valence electrons. The molecule has 23 heavy (non-hydrogen) atoms. The first-order chi connectivity index (χ1) is 11.0. The van der Waals surface area contributed by atoms with Crippen LogP contribution in [-0.2, 0) is 5.41 Å². The zero-order valence-electron chi connectivity index (χ0n) is 13.5. The summed E-state index contributed by atoms with van der Waals surface area (Å²) in [6.45, 7) is 6.44. The minimum absolute atomic E-state index is 0.138. The van der Waals surface area contributed by atoms with Gasteiger partial charge in [-0.25, -0.2) is 9.97 Å². The van der Waals surface area contributed by atoms with Gasteiger partial charge in [0.1, 0.15) is 5.15 Å². The van der Waals surface area contributed by atoms with Crippen LogP contribution in [0.15, 0.2) is 60.7 Å². The smallest absolute Gasteiger partial charge is 0.161 e. The third-order valence-corrected chi connectivity index (χ3v) is 3.94. The van der Waals surface area contributed by atoms with Crippen LogP contribution < -0.4 is 0 Å². The molecule has 0 bridgehead atoms. The van der Waals surface area contributed by atoms with Crippen LogP contribution in [0.5, 0.6) is 0 Å². The van der Waals surface area contributed by atoms with Crippen LogP contribution in [0.2, 0.25) is 5.15 Å². The predicted octanol–water partition coefficient (Wildman–Crippen LogP) is 5.76. The van der Waals surface area contributed by atoms with Gasteiger partial charge in [-0.2, -0.15) is 0 Å². The topological polar surface area (TPSA) is 25.8 Å². The summed E-state index contributed by atoms with van der Waals surface area (Å²) in [6, 6.07) is 20.0. The van der Waals surface area contributed by atoms with Gasteiger partial charge >= 0.3 is 0 Å². The molecule has 3 rings (SSSR count). The minimum Gasteiger partial charge on any atom is -0.232 e. The average Bonchev–Trinajstić information content (AvgIpc) is 2.55. The predicted molar refractivity (Wildman–Crippen MR) is 96.6 cm³/mol. The number of hydrogen-bond acceptors (Lipinski definition) is 2. The van der Waals surface area contributed by atoms with Gasteiger partial charge in [-0.15, -0.1) is 0 Å². The lowest BCUT2D eigenvalue weighted by molar-refractivity contribution is 0.570. The van der Waals surface area contributed by atoms with E-state index in [-0.39, 0.29) is 5.41 Å².